The van der Waals surface area contributed by atoms with Crippen molar-refractivity contribution >= 4 is 15.5 Å². The maximum atomic E-state index is 11.8. The van der Waals surface area contributed by atoms with Gasteiger partial charge in [-0.25, -0.2) is 27.3 Å². The number of aliphatic hydroxyl groups is 5. The van der Waals surface area contributed by atoms with Crippen molar-refractivity contribution in [3.63, 3.8) is 0 Å². The predicted molar refractivity (Wildman–Crippen MR) is 50.9 cm³/mol. The third-order valence-corrected chi connectivity index (χ3v) is 5.80. The molecule has 0 saturated carbocycles. The van der Waals surface area contributed by atoms with E-state index in [2.05, 4.69) is 18.3 Å². The molecule has 20 heavy (non-hydrogen) atoms. The lowest BCUT2D eigenvalue weighted by Gasteiger charge is -2.53. The Morgan fingerprint density at radius 1 is 1.15 bits per heavy atom. The van der Waals surface area contributed by atoms with Crippen LogP contribution in [0.2, 0.25) is 0 Å². The molecule has 3 heterocycles. The molecule has 0 radical (unpaired) electrons. The van der Waals surface area contributed by atoms with E-state index in [9.17, 15) is 34.1 Å². The minimum absolute atomic E-state index is 1.41. The monoisotopic (exact) mass is 334 g/mol. The van der Waals surface area contributed by atoms with Crippen molar-refractivity contribution in [2.75, 3.05) is 6.61 Å². The number of ether oxygens (including phenoxy) is 1. The first-order chi connectivity index (χ1) is 8.99. The lowest BCUT2D eigenvalue weighted by atomic mass is 9.89. The largest absolute Gasteiger partial charge is 0.484 e. The Morgan fingerprint density at radius 3 is 2.20 bits per heavy atom. The van der Waals surface area contributed by atoms with E-state index in [0.29, 0.717) is 0 Å². The van der Waals surface area contributed by atoms with E-state index in [1.54, 1.807) is 0 Å². The molecule has 5 N–H and O–H groups in total. The summed E-state index contributed by atoms with van der Waals surface area (Å²) in [5.74, 6) is -9.88. The van der Waals surface area contributed by atoms with Crippen molar-refractivity contribution in [2.45, 2.75) is 29.0 Å². The van der Waals surface area contributed by atoms with Crippen molar-refractivity contribution in [1.82, 2.24) is 0 Å². The number of rotatable bonds is 2. The lowest BCUT2D eigenvalue weighted by molar-refractivity contribution is -0.500. The molecule has 2 bridgehead atoms. The molecule has 0 amide bonds. The first kappa shape index (κ1) is 14.7. The maximum Gasteiger partial charge on any atom is 0.484 e. The summed E-state index contributed by atoms with van der Waals surface area (Å²) in [6.07, 6.45) is -2.62. The van der Waals surface area contributed by atoms with Crippen molar-refractivity contribution in [1.29, 1.82) is 0 Å². The Morgan fingerprint density at radius 2 is 1.75 bits per heavy atom. The van der Waals surface area contributed by atoms with E-state index >= 15 is 0 Å². The molecular weight excluding hydrogens is 326 g/mol. The maximum absolute atomic E-state index is 11.8. The molecule has 14 heteroatoms. The Kier molecular flexibility index (Phi) is 2.62. The zero-order valence-electron chi connectivity index (χ0n) is 9.27. The fraction of sp³-hybridized carbons (Fsp3) is 1.00. The molecule has 12 nitrogen and oxygen atoms in total. The molecule has 6 atom stereocenters. The van der Waals surface area contributed by atoms with Crippen LogP contribution < -0.4 is 0 Å². The van der Waals surface area contributed by atoms with E-state index in [1.807, 2.05) is 0 Å². The Bertz CT molecular complexity index is 595. The first-order valence-corrected chi connectivity index (χ1v) is 7.65. The van der Waals surface area contributed by atoms with E-state index in [4.69, 9.17) is 5.11 Å². The molecule has 0 aromatic carbocycles. The second kappa shape index (κ2) is 3.57. The fourth-order valence-corrected chi connectivity index (χ4v) is 5.29. The standard InChI is InChI=1S/C6H8O12P2/c7-1-3(9)2(8)4(10)5(11)6(15-3,19(12)13)18-20(14,16-4)17-5/h2,7-11H,1H2/t2-,3+,4-,5-,6?,20?/m1/s1. The molecule has 3 fully saturated rings. The molecule has 114 valence electrons. The highest BCUT2D eigenvalue weighted by molar-refractivity contribution is 7.50. The smallest absolute Gasteiger partial charge is 0.391 e. The number of phosphoric acid groups is 1. The summed E-state index contributed by atoms with van der Waals surface area (Å²) in [4.78, 5) is 0. The van der Waals surface area contributed by atoms with Crippen molar-refractivity contribution in [3.8, 4) is 0 Å². The van der Waals surface area contributed by atoms with Gasteiger partial charge in [0, 0.05) is 0 Å². The zero-order chi connectivity index (χ0) is 15.2. The van der Waals surface area contributed by atoms with Crippen LogP contribution >= 0.6 is 15.5 Å². The van der Waals surface area contributed by atoms with Gasteiger partial charge in [0.15, 0.2) is 6.10 Å². The lowest BCUT2D eigenvalue weighted by Crippen LogP contribution is -2.81. The van der Waals surface area contributed by atoms with E-state index in [1.165, 1.54) is 0 Å². The van der Waals surface area contributed by atoms with Crippen LogP contribution in [-0.4, -0.2) is 61.1 Å². The summed E-state index contributed by atoms with van der Waals surface area (Å²) in [6, 6.07) is 0. The van der Waals surface area contributed by atoms with Crippen LogP contribution in [0.4, 0.5) is 0 Å². The fourth-order valence-electron chi connectivity index (χ4n) is 2.25. The molecular formula is C6H8O12P2. The third-order valence-electron chi connectivity index (χ3n) is 3.22. The highest BCUT2D eigenvalue weighted by atomic mass is 31.2. The van der Waals surface area contributed by atoms with Gasteiger partial charge in [0.05, 0.1) is 0 Å². The second-order valence-electron chi connectivity index (χ2n) is 4.41. The highest BCUT2D eigenvalue weighted by Gasteiger charge is 2.93. The average Bonchev–Trinajstić information content (AvgIpc) is 2.69. The van der Waals surface area contributed by atoms with Gasteiger partial charge in [-0.15, -0.1) is 0 Å². The average molecular weight is 334 g/mol. The van der Waals surface area contributed by atoms with Crippen LogP contribution in [0, 0.1) is 0 Å². The Balaban J connectivity index is 2.29. The molecule has 0 aromatic rings. The molecule has 3 aliphatic heterocycles. The van der Waals surface area contributed by atoms with Crippen LogP contribution in [0.15, 0.2) is 0 Å². The Hall–Kier alpha value is -0.230. The normalized spacial score (nSPS) is 60.8. The SMILES string of the molecule is O=P(=O)C12O[C@@](O)(CO)[C@@H](O)[C@@]3(O)OP(=O)(O1)O[C@@]23O. The van der Waals surface area contributed by atoms with Gasteiger partial charge in [-0.05, 0) is 0 Å². The minimum atomic E-state index is -4.77. The number of fused-ring (bicyclic) bond motifs is 1. The van der Waals surface area contributed by atoms with Crippen LogP contribution in [0.1, 0.15) is 0 Å². The number of hydrogen-bond donors (Lipinski definition) is 5. The van der Waals surface area contributed by atoms with Crippen LogP contribution in [0.5, 0.6) is 0 Å². The van der Waals surface area contributed by atoms with Crippen LogP contribution in [-0.2, 0) is 32.0 Å². The van der Waals surface area contributed by atoms with Crippen LogP contribution in [0.25, 0.3) is 0 Å². The van der Waals surface area contributed by atoms with Gasteiger partial charge in [-0.2, -0.15) is 0 Å². The predicted octanol–water partition coefficient (Wildman–Crippen LogP) is -2.55. The van der Waals surface area contributed by atoms with Crippen LogP contribution in [0.3, 0.4) is 0 Å². The van der Waals surface area contributed by atoms with Crippen molar-refractivity contribution < 1.29 is 57.5 Å². The van der Waals surface area contributed by atoms with Gasteiger partial charge in [0.2, 0.25) is 5.79 Å². The molecule has 0 aromatic heterocycles. The van der Waals surface area contributed by atoms with E-state index < -0.39 is 51.1 Å². The summed E-state index contributed by atoms with van der Waals surface area (Å²) < 4.78 is 52.0. The molecule has 3 rings (SSSR count). The van der Waals surface area contributed by atoms with Crippen molar-refractivity contribution in [3.05, 3.63) is 0 Å². The van der Waals surface area contributed by atoms with E-state index in [0.717, 1.165) is 0 Å². The molecule has 3 saturated heterocycles. The third kappa shape index (κ3) is 1.27. The molecule has 2 unspecified atom stereocenters. The molecule has 3 aliphatic rings. The quantitative estimate of drug-likeness (QED) is 0.333. The number of aliphatic hydroxyl groups excluding tert-OH is 2. The minimum Gasteiger partial charge on any atom is -0.391 e. The van der Waals surface area contributed by atoms with Gasteiger partial charge < -0.3 is 25.5 Å². The molecule has 0 aliphatic carbocycles. The summed E-state index contributed by atoms with van der Waals surface area (Å²) in [7, 11) is -8.76. The summed E-state index contributed by atoms with van der Waals surface area (Å²) in [6.45, 7) is -1.41. The first-order valence-electron chi connectivity index (χ1n) is 5.02. The van der Waals surface area contributed by atoms with Gasteiger partial charge in [0.1, 0.15) is 6.61 Å². The summed E-state index contributed by atoms with van der Waals surface area (Å²) in [5, 5.41) is 48.7. The Labute approximate surface area is 109 Å². The molecule has 0 spiro atoms. The summed E-state index contributed by atoms with van der Waals surface area (Å²) in [5.41, 5.74) is -3.33. The topological polar surface area (TPSA) is 189 Å². The van der Waals surface area contributed by atoms with Gasteiger partial charge in [-0.3, -0.25) is 4.74 Å². The number of phosphoric ester groups is 1. The van der Waals surface area contributed by atoms with Gasteiger partial charge in [-0.1, -0.05) is 0 Å². The van der Waals surface area contributed by atoms with E-state index in [-0.39, 0.29) is 0 Å². The second-order valence-corrected chi connectivity index (χ2v) is 6.95. The van der Waals surface area contributed by atoms with Gasteiger partial charge >= 0.3 is 26.8 Å². The highest BCUT2D eigenvalue weighted by Crippen LogP contribution is 2.80. The summed E-state index contributed by atoms with van der Waals surface area (Å²) >= 11 is 0. The van der Waals surface area contributed by atoms with Gasteiger partial charge in [0.25, 0.3) is 5.79 Å². The van der Waals surface area contributed by atoms with Crippen molar-refractivity contribution in [2.24, 2.45) is 0 Å². The zero-order valence-corrected chi connectivity index (χ0v) is 11.1. The number of hydrogen-bond acceptors (Lipinski definition) is 12.